The van der Waals surface area contributed by atoms with Gasteiger partial charge in [-0.15, -0.1) is 0 Å². The normalized spacial score (nSPS) is 11.0. The summed E-state index contributed by atoms with van der Waals surface area (Å²) in [5, 5.41) is 9.46. The SMILES string of the molecule is CCCCCCCS(=O)(=O)C#N. The molecule has 0 bridgehead atoms. The van der Waals surface area contributed by atoms with Crippen LogP contribution in [0.5, 0.6) is 0 Å². The molecule has 0 aliphatic rings. The van der Waals surface area contributed by atoms with E-state index in [1.54, 1.807) is 0 Å². The zero-order valence-corrected chi connectivity index (χ0v) is 8.23. The summed E-state index contributed by atoms with van der Waals surface area (Å²) in [7, 11) is -3.40. The van der Waals surface area contributed by atoms with Gasteiger partial charge in [0, 0.05) is 0 Å². The minimum Gasteiger partial charge on any atom is -0.213 e. The highest BCUT2D eigenvalue weighted by molar-refractivity contribution is 7.95. The molecule has 0 spiro atoms. The number of thiocyanates is 1. The molecule has 4 heteroatoms. The van der Waals surface area contributed by atoms with Crippen LogP contribution in [-0.2, 0) is 9.84 Å². The second-order valence-electron chi connectivity index (χ2n) is 2.82. The first-order valence-corrected chi connectivity index (χ1v) is 5.91. The van der Waals surface area contributed by atoms with Gasteiger partial charge in [0.05, 0.1) is 5.75 Å². The van der Waals surface area contributed by atoms with E-state index in [-0.39, 0.29) is 5.75 Å². The summed E-state index contributed by atoms with van der Waals surface area (Å²) >= 11 is 0. The van der Waals surface area contributed by atoms with Gasteiger partial charge in [-0.25, -0.2) is 8.42 Å². The van der Waals surface area contributed by atoms with Crippen LogP contribution in [-0.4, -0.2) is 14.2 Å². The van der Waals surface area contributed by atoms with Crippen molar-refractivity contribution in [3.05, 3.63) is 0 Å². The third-order valence-corrected chi connectivity index (χ3v) is 2.76. The van der Waals surface area contributed by atoms with E-state index in [4.69, 9.17) is 5.26 Å². The minimum atomic E-state index is -3.40. The molecule has 0 aromatic carbocycles. The largest absolute Gasteiger partial charge is 0.241 e. The third-order valence-electron chi connectivity index (χ3n) is 1.66. The highest BCUT2D eigenvalue weighted by Crippen LogP contribution is 2.04. The van der Waals surface area contributed by atoms with Crippen LogP contribution in [0.1, 0.15) is 39.0 Å². The van der Waals surface area contributed by atoms with Crippen molar-refractivity contribution >= 4 is 9.84 Å². The van der Waals surface area contributed by atoms with E-state index in [0.29, 0.717) is 6.42 Å². The minimum absolute atomic E-state index is 0.0210. The van der Waals surface area contributed by atoms with Crippen LogP contribution in [0.25, 0.3) is 0 Å². The Labute approximate surface area is 74.3 Å². The predicted molar refractivity (Wildman–Crippen MR) is 48.2 cm³/mol. The van der Waals surface area contributed by atoms with Crippen LogP contribution in [0.4, 0.5) is 0 Å². The maximum Gasteiger partial charge on any atom is 0.241 e. The van der Waals surface area contributed by atoms with Gasteiger partial charge in [0.15, 0.2) is 5.40 Å². The number of sulfone groups is 1. The molecule has 70 valence electrons. The third kappa shape index (κ3) is 6.17. The highest BCUT2D eigenvalue weighted by atomic mass is 32.2. The van der Waals surface area contributed by atoms with Crippen LogP contribution in [0.3, 0.4) is 0 Å². The van der Waals surface area contributed by atoms with E-state index in [0.717, 1.165) is 25.7 Å². The average Bonchev–Trinajstić information content (AvgIpc) is 2.04. The number of unbranched alkanes of at least 4 members (excludes halogenated alkanes) is 4. The first-order valence-electron chi connectivity index (χ1n) is 4.26. The Morgan fingerprint density at radius 1 is 1.17 bits per heavy atom. The lowest BCUT2D eigenvalue weighted by atomic mass is 10.2. The summed E-state index contributed by atoms with van der Waals surface area (Å²) in [4.78, 5) is 0. The number of nitriles is 1. The molecule has 0 atom stereocenters. The average molecular weight is 189 g/mol. The first-order chi connectivity index (χ1) is 5.62. The molecule has 0 aliphatic heterocycles. The van der Waals surface area contributed by atoms with Gasteiger partial charge >= 0.3 is 0 Å². The first kappa shape index (κ1) is 11.4. The molecule has 0 heterocycles. The second-order valence-corrected chi connectivity index (χ2v) is 4.64. The van der Waals surface area contributed by atoms with E-state index < -0.39 is 9.84 Å². The van der Waals surface area contributed by atoms with Gasteiger partial charge in [-0.05, 0) is 6.42 Å². The zero-order valence-electron chi connectivity index (χ0n) is 7.41. The zero-order chi connectivity index (χ0) is 9.45. The molecule has 0 rings (SSSR count). The van der Waals surface area contributed by atoms with Crippen molar-refractivity contribution in [2.75, 3.05) is 5.75 Å². The van der Waals surface area contributed by atoms with E-state index in [1.165, 1.54) is 5.40 Å². The van der Waals surface area contributed by atoms with Crippen LogP contribution >= 0.6 is 0 Å². The summed E-state index contributed by atoms with van der Waals surface area (Å²) in [6.45, 7) is 2.10. The van der Waals surface area contributed by atoms with Crippen LogP contribution < -0.4 is 0 Å². The molecule has 3 nitrogen and oxygen atoms in total. The van der Waals surface area contributed by atoms with Crippen LogP contribution in [0.2, 0.25) is 0 Å². The predicted octanol–water partition coefficient (Wildman–Crippen LogP) is 1.85. The second kappa shape index (κ2) is 6.01. The van der Waals surface area contributed by atoms with Crippen LogP contribution in [0, 0.1) is 10.7 Å². The van der Waals surface area contributed by atoms with Crippen molar-refractivity contribution in [1.82, 2.24) is 0 Å². The lowest BCUT2D eigenvalue weighted by Crippen LogP contribution is -2.01. The highest BCUT2D eigenvalue weighted by Gasteiger charge is 2.06. The van der Waals surface area contributed by atoms with Gasteiger partial charge in [-0.1, -0.05) is 32.6 Å². The Morgan fingerprint density at radius 3 is 2.25 bits per heavy atom. The topological polar surface area (TPSA) is 57.9 Å². The Balaban J connectivity index is 3.40. The molecule has 0 radical (unpaired) electrons. The standard InChI is InChI=1S/C8H15NO2S/c1-2-3-4-5-6-7-12(10,11)8-9/h2-7H2,1H3. The lowest BCUT2D eigenvalue weighted by Gasteiger charge is -1.96. The maximum atomic E-state index is 10.7. The van der Waals surface area contributed by atoms with E-state index >= 15 is 0 Å². The van der Waals surface area contributed by atoms with Gasteiger partial charge in [-0.2, -0.15) is 5.26 Å². The molecule has 0 saturated heterocycles. The number of nitrogens with zero attached hydrogens (tertiary/aromatic N) is 1. The Hall–Kier alpha value is -0.560. The number of rotatable bonds is 6. The molecular weight excluding hydrogens is 174 g/mol. The molecule has 0 fully saturated rings. The molecule has 0 amide bonds. The van der Waals surface area contributed by atoms with Crippen LogP contribution in [0.15, 0.2) is 0 Å². The van der Waals surface area contributed by atoms with E-state index in [1.807, 2.05) is 0 Å². The molecule has 0 unspecified atom stereocenters. The summed E-state index contributed by atoms with van der Waals surface area (Å²) in [6.07, 6.45) is 4.89. The monoisotopic (exact) mass is 189 g/mol. The molecule has 0 aromatic heterocycles. The molecule has 0 N–H and O–H groups in total. The fourth-order valence-electron chi connectivity index (χ4n) is 0.941. The van der Waals surface area contributed by atoms with Crippen molar-refractivity contribution in [2.45, 2.75) is 39.0 Å². The van der Waals surface area contributed by atoms with Crippen molar-refractivity contribution in [3.63, 3.8) is 0 Å². The van der Waals surface area contributed by atoms with E-state index in [9.17, 15) is 8.42 Å². The van der Waals surface area contributed by atoms with Crippen molar-refractivity contribution < 1.29 is 8.42 Å². The van der Waals surface area contributed by atoms with E-state index in [2.05, 4.69) is 6.92 Å². The molecule has 0 aromatic rings. The fraction of sp³-hybridized carbons (Fsp3) is 0.875. The molecule has 0 saturated carbocycles. The fourth-order valence-corrected chi connectivity index (χ4v) is 1.62. The summed E-state index contributed by atoms with van der Waals surface area (Å²) < 4.78 is 21.3. The Kier molecular flexibility index (Phi) is 5.73. The summed E-state index contributed by atoms with van der Waals surface area (Å²) in [5.74, 6) is 0.0210. The quantitative estimate of drug-likeness (QED) is 0.364. The molecular formula is C8H15NO2S. The smallest absolute Gasteiger partial charge is 0.213 e. The van der Waals surface area contributed by atoms with Gasteiger partial charge in [0.2, 0.25) is 9.84 Å². The summed E-state index contributed by atoms with van der Waals surface area (Å²) in [5.41, 5.74) is 0. The Morgan fingerprint density at radius 2 is 1.75 bits per heavy atom. The molecule has 0 aliphatic carbocycles. The van der Waals surface area contributed by atoms with Gasteiger partial charge in [0.25, 0.3) is 0 Å². The van der Waals surface area contributed by atoms with Gasteiger partial charge < -0.3 is 0 Å². The van der Waals surface area contributed by atoms with Gasteiger partial charge in [-0.3, -0.25) is 0 Å². The summed E-state index contributed by atoms with van der Waals surface area (Å²) in [6, 6.07) is 0. The van der Waals surface area contributed by atoms with Crippen molar-refractivity contribution in [1.29, 1.82) is 5.26 Å². The lowest BCUT2D eigenvalue weighted by molar-refractivity contribution is 0.595. The Bertz CT molecular complexity index is 238. The maximum absolute atomic E-state index is 10.7. The van der Waals surface area contributed by atoms with Crippen molar-refractivity contribution in [3.8, 4) is 5.40 Å². The van der Waals surface area contributed by atoms with Crippen molar-refractivity contribution in [2.24, 2.45) is 0 Å². The number of hydrogen-bond donors (Lipinski definition) is 0. The number of hydrogen-bond acceptors (Lipinski definition) is 3. The molecule has 12 heavy (non-hydrogen) atoms. The van der Waals surface area contributed by atoms with Gasteiger partial charge in [0.1, 0.15) is 0 Å².